The van der Waals surface area contributed by atoms with Crippen molar-refractivity contribution >= 4 is 54.0 Å². The number of imide groups is 1. The summed E-state index contributed by atoms with van der Waals surface area (Å²) >= 11 is -1.17. The van der Waals surface area contributed by atoms with Gasteiger partial charge in [0.05, 0.1) is 5.56 Å². The SMILES string of the molecule is O=C1OC2(CCCC2)OC(=O)C1=Ic1ccc(C(=O)ON2C(=O)CCC2=O)cc1. The molecule has 0 bridgehead atoms. The lowest BCUT2D eigenvalue weighted by molar-refractivity contribution is -0.224. The Morgan fingerprint density at radius 1 is 0.931 bits per heavy atom. The molecule has 3 aliphatic rings. The van der Waals surface area contributed by atoms with Crippen LogP contribution < -0.4 is 0 Å². The predicted molar refractivity (Wildman–Crippen MR) is 104 cm³/mol. The van der Waals surface area contributed by atoms with Gasteiger partial charge in [0, 0.05) is 29.3 Å². The number of nitrogens with zero attached hydrogens (tertiary/aromatic N) is 1. The van der Waals surface area contributed by atoms with Crippen LogP contribution >= 0.6 is 20.7 Å². The normalized spacial score (nSPS) is 20.8. The van der Waals surface area contributed by atoms with Crippen LogP contribution in [0.25, 0.3) is 0 Å². The van der Waals surface area contributed by atoms with Crippen molar-refractivity contribution in [3.8, 4) is 0 Å². The van der Waals surface area contributed by atoms with Crippen molar-refractivity contribution in [2.45, 2.75) is 44.3 Å². The van der Waals surface area contributed by atoms with Crippen LogP contribution in [0.5, 0.6) is 0 Å². The Kier molecular flexibility index (Phi) is 5.19. The standard InChI is InChI=1S/C19H16INO8/c22-13-7-8-14(23)21(13)29-16(24)11-3-5-12(6-4-11)20-15-17(25)27-19(28-18(15)26)9-1-2-10-19/h3-6H,1-2,7-10H2. The fourth-order valence-electron chi connectivity index (χ4n) is 3.28. The van der Waals surface area contributed by atoms with Gasteiger partial charge in [-0.2, -0.15) is 0 Å². The Morgan fingerprint density at radius 3 is 2.03 bits per heavy atom. The van der Waals surface area contributed by atoms with Crippen LogP contribution in [-0.2, 0) is 33.5 Å². The molecule has 0 N–H and O–H groups in total. The first-order valence-electron chi connectivity index (χ1n) is 9.03. The summed E-state index contributed by atoms with van der Waals surface area (Å²) in [6.07, 6.45) is 2.77. The van der Waals surface area contributed by atoms with Crippen molar-refractivity contribution in [2.24, 2.45) is 0 Å². The molecular formula is C19H16INO8. The van der Waals surface area contributed by atoms with Crippen molar-refractivity contribution in [3.05, 3.63) is 33.4 Å². The lowest BCUT2D eigenvalue weighted by atomic mass is 10.2. The van der Waals surface area contributed by atoms with E-state index in [1.54, 1.807) is 12.1 Å². The summed E-state index contributed by atoms with van der Waals surface area (Å²) in [6.45, 7) is 0. The number of hydrogen-bond donors (Lipinski definition) is 0. The lowest BCUT2D eigenvalue weighted by Crippen LogP contribution is -2.48. The first-order valence-corrected chi connectivity index (χ1v) is 11.2. The molecule has 0 atom stereocenters. The van der Waals surface area contributed by atoms with E-state index in [9.17, 15) is 24.0 Å². The third-order valence-electron chi connectivity index (χ3n) is 4.74. The molecule has 2 aliphatic heterocycles. The molecule has 1 spiro atoms. The summed E-state index contributed by atoms with van der Waals surface area (Å²) < 4.78 is 11.5. The molecule has 4 rings (SSSR count). The van der Waals surface area contributed by atoms with E-state index in [4.69, 9.17) is 14.3 Å². The van der Waals surface area contributed by atoms with Crippen molar-refractivity contribution in [3.63, 3.8) is 0 Å². The average Bonchev–Trinajstić information content (AvgIpc) is 3.26. The van der Waals surface area contributed by atoms with Crippen LogP contribution in [0.3, 0.4) is 0 Å². The highest BCUT2D eigenvalue weighted by Gasteiger charge is 2.48. The van der Waals surface area contributed by atoms with Crippen LogP contribution in [-0.4, -0.2) is 44.1 Å². The minimum atomic E-state index is -1.17. The van der Waals surface area contributed by atoms with E-state index < -0.39 is 56.2 Å². The van der Waals surface area contributed by atoms with Crippen molar-refractivity contribution < 1.29 is 38.3 Å². The highest BCUT2D eigenvalue weighted by Crippen LogP contribution is 2.37. The minimum Gasteiger partial charge on any atom is -0.418 e. The topological polar surface area (TPSA) is 116 Å². The Bertz CT molecular complexity index is 907. The quantitative estimate of drug-likeness (QED) is 0.340. The Morgan fingerprint density at radius 2 is 1.48 bits per heavy atom. The molecule has 3 fully saturated rings. The molecular weight excluding hydrogens is 497 g/mol. The van der Waals surface area contributed by atoms with E-state index in [0.717, 1.165) is 12.8 Å². The number of halogens is 1. The van der Waals surface area contributed by atoms with Crippen LogP contribution in [0.1, 0.15) is 48.9 Å². The van der Waals surface area contributed by atoms with E-state index >= 15 is 0 Å². The van der Waals surface area contributed by atoms with Gasteiger partial charge in [-0.05, 0) is 37.1 Å². The molecule has 0 aromatic heterocycles. The smallest absolute Gasteiger partial charge is 0.363 e. The number of ether oxygens (including phenoxy) is 2. The summed E-state index contributed by atoms with van der Waals surface area (Å²) in [4.78, 5) is 64.7. The van der Waals surface area contributed by atoms with Gasteiger partial charge >= 0.3 is 17.9 Å². The Balaban J connectivity index is 1.46. The number of hydroxylamine groups is 2. The maximum atomic E-state index is 12.3. The molecule has 10 heteroatoms. The first-order chi connectivity index (χ1) is 13.9. The maximum Gasteiger partial charge on any atom is 0.363 e. The number of carbonyl (C=O) groups is 5. The van der Waals surface area contributed by atoms with Crippen molar-refractivity contribution in [2.75, 3.05) is 0 Å². The van der Waals surface area contributed by atoms with E-state index in [1.165, 1.54) is 12.1 Å². The van der Waals surface area contributed by atoms with Crippen LogP contribution in [0.2, 0.25) is 0 Å². The Hall–Kier alpha value is -2.63. The summed E-state index contributed by atoms with van der Waals surface area (Å²) in [5.41, 5.74) is 0.133. The molecule has 2 heterocycles. The fourth-order valence-corrected chi connectivity index (χ4v) is 5.28. The molecule has 1 aliphatic carbocycles. The number of hydrogen-bond acceptors (Lipinski definition) is 8. The van der Waals surface area contributed by atoms with Gasteiger partial charge in [-0.15, -0.1) is 5.06 Å². The second kappa shape index (κ2) is 7.65. The van der Waals surface area contributed by atoms with Gasteiger partial charge in [-0.3, -0.25) is 9.59 Å². The molecule has 9 nitrogen and oxygen atoms in total. The second-order valence-corrected chi connectivity index (χ2v) is 9.64. The van der Waals surface area contributed by atoms with E-state index in [-0.39, 0.29) is 21.9 Å². The number of esters is 2. The van der Waals surface area contributed by atoms with Crippen LogP contribution in [0.4, 0.5) is 0 Å². The predicted octanol–water partition coefficient (Wildman–Crippen LogP) is 1.59. The molecule has 0 unspecified atom stereocenters. The van der Waals surface area contributed by atoms with E-state index in [2.05, 4.69) is 0 Å². The summed E-state index contributed by atoms with van der Waals surface area (Å²) in [5, 5.41) is 0.478. The molecule has 29 heavy (non-hydrogen) atoms. The zero-order valence-corrected chi connectivity index (χ0v) is 17.3. The van der Waals surface area contributed by atoms with Gasteiger partial charge < -0.3 is 14.3 Å². The third kappa shape index (κ3) is 3.93. The highest BCUT2D eigenvalue weighted by molar-refractivity contribution is 14.2. The van der Waals surface area contributed by atoms with E-state index in [0.29, 0.717) is 21.5 Å². The zero-order chi connectivity index (χ0) is 20.6. The molecule has 1 saturated carbocycles. The van der Waals surface area contributed by atoms with Gasteiger partial charge in [-0.1, -0.05) is 20.7 Å². The van der Waals surface area contributed by atoms with Gasteiger partial charge in [0.25, 0.3) is 17.6 Å². The monoisotopic (exact) mass is 513 g/mol. The minimum absolute atomic E-state index is 0.00455. The molecule has 1 aromatic carbocycles. The second-order valence-electron chi connectivity index (χ2n) is 6.77. The van der Waals surface area contributed by atoms with Gasteiger partial charge in [0.2, 0.25) is 0 Å². The Labute approximate surface area is 175 Å². The van der Waals surface area contributed by atoms with Gasteiger partial charge in [0.15, 0.2) is 3.51 Å². The van der Waals surface area contributed by atoms with Crippen molar-refractivity contribution in [1.82, 2.24) is 5.06 Å². The molecule has 2 saturated heterocycles. The average molecular weight is 513 g/mol. The summed E-state index contributed by atoms with van der Waals surface area (Å²) in [6, 6.07) is 6.07. The molecule has 152 valence electrons. The maximum absolute atomic E-state index is 12.3. The highest BCUT2D eigenvalue weighted by atomic mass is 127. The fraction of sp³-hybridized carbons (Fsp3) is 0.368. The molecule has 2 amide bonds. The van der Waals surface area contributed by atoms with Crippen LogP contribution in [0.15, 0.2) is 24.3 Å². The largest absolute Gasteiger partial charge is 0.418 e. The molecule has 0 radical (unpaired) electrons. The van der Waals surface area contributed by atoms with Gasteiger partial charge in [0.1, 0.15) is 0 Å². The van der Waals surface area contributed by atoms with E-state index in [1.807, 2.05) is 0 Å². The molecule has 1 aromatic rings. The number of benzene rings is 1. The summed E-state index contributed by atoms with van der Waals surface area (Å²) in [7, 11) is 0. The van der Waals surface area contributed by atoms with Gasteiger partial charge in [-0.25, -0.2) is 14.4 Å². The number of carbonyl (C=O) groups excluding carboxylic acids is 5. The summed E-state index contributed by atoms with van der Waals surface area (Å²) in [5.74, 6) is -4.32. The number of amides is 2. The van der Waals surface area contributed by atoms with Crippen molar-refractivity contribution in [1.29, 1.82) is 0 Å². The number of rotatable bonds is 3. The zero-order valence-electron chi connectivity index (χ0n) is 15.1. The first kappa shape index (κ1) is 19.7. The van der Waals surface area contributed by atoms with Crippen LogP contribution in [0, 0.1) is 3.57 Å². The lowest BCUT2D eigenvalue weighted by Gasteiger charge is -2.32. The third-order valence-corrected chi connectivity index (χ3v) is 7.51.